The van der Waals surface area contributed by atoms with Crippen molar-refractivity contribution in [1.82, 2.24) is 9.29 Å². The average molecular weight is 687 g/mol. The van der Waals surface area contributed by atoms with E-state index in [9.17, 15) is 8.42 Å². The zero-order valence-electron chi connectivity index (χ0n) is 28.5. The minimum atomic E-state index is -3.87. The molecule has 2 aliphatic heterocycles. The quantitative estimate of drug-likeness (QED) is 0.244. The molecule has 2 bridgehead atoms. The number of carbonyl (C=O) groups excluding carboxylic acids is 1. The Morgan fingerprint density at radius 3 is 2.29 bits per heavy atom. The van der Waals surface area contributed by atoms with Gasteiger partial charge in [-0.15, -0.1) is 0 Å². The second-order valence-electron chi connectivity index (χ2n) is 15.2. The first kappa shape index (κ1) is 32.7. The van der Waals surface area contributed by atoms with Crippen LogP contribution >= 0.6 is 0 Å². The van der Waals surface area contributed by atoms with E-state index in [2.05, 4.69) is 18.8 Å². The number of carbonyl (C=O) groups is 1. The third-order valence-corrected chi connectivity index (χ3v) is 14.5. The highest BCUT2D eigenvalue weighted by Gasteiger charge is 2.72. The van der Waals surface area contributed by atoms with Crippen molar-refractivity contribution in [3.8, 4) is 11.5 Å². The Bertz CT molecular complexity index is 1800. The molecule has 3 saturated carbocycles. The number of hydrogen-bond acceptors (Lipinski definition) is 8. The van der Waals surface area contributed by atoms with Gasteiger partial charge in [-0.25, -0.2) is 12.7 Å². The third kappa shape index (κ3) is 5.36. The summed E-state index contributed by atoms with van der Waals surface area (Å²) in [6.45, 7) is 5.49. The lowest BCUT2D eigenvalue weighted by atomic mass is 9.69. The highest BCUT2D eigenvalue weighted by molar-refractivity contribution is 7.90. The second kappa shape index (κ2) is 12.4. The maximum absolute atomic E-state index is 15.4. The fraction of sp³-hybridized carbons (Fsp3) is 0.538. The normalized spacial score (nSPS) is 28.4. The van der Waals surface area contributed by atoms with Gasteiger partial charge >= 0.3 is 0 Å². The van der Waals surface area contributed by atoms with Crippen molar-refractivity contribution in [3.63, 3.8) is 0 Å². The van der Waals surface area contributed by atoms with Gasteiger partial charge in [0.05, 0.1) is 44.1 Å². The molecule has 5 aliphatic rings. The van der Waals surface area contributed by atoms with Crippen LogP contribution < -0.4 is 9.47 Å². The molecular weight excluding hydrogens is 641 g/mol. The standard InChI is InChI=1S/C39H46N2O7S/c1-38(2)29-14-17-39(38)24-49(43,44)41(33(39)23-29)36(42)35(26-15-18-40-19-16-26)34(25-8-10-27(11-9-25)37-46-20-21-47-37)28-12-13-31(45-3)32(22-28)48-30-6-4-5-7-30/h8-13,15-16,18-19,22,29-30,33-35,37H,4-7,14,17,20-21,23-24H2,1-3H3/t29?,33-,34+,35?,39-/m0/s1. The fourth-order valence-corrected chi connectivity index (χ4v) is 12.5. The molecule has 49 heavy (non-hydrogen) atoms. The number of hydrogen-bond donors (Lipinski definition) is 0. The highest BCUT2D eigenvalue weighted by Crippen LogP contribution is 2.70. The van der Waals surface area contributed by atoms with Crippen molar-refractivity contribution < 1.29 is 32.2 Å². The topological polar surface area (TPSA) is 104 Å². The Morgan fingerprint density at radius 1 is 0.918 bits per heavy atom. The van der Waals surface area contributed by atoms with E-state index in [4.69, 9.17) is 18.9 Å². The zero-order valence-corrected chi connectivity index (χ0v) is 29.4. The number of aromatic nitrogens is 1. The molecule has 1 spiro atoms. The van der Waals surface area contributed by atoms with Crippen LogP contribution in [0.5, 0.6) is 11.5 Å². The number of benzene rings is 2. The number of rotatable bonds is 9. The molecule has 0 radical (unpaired) electrons. The van der Waals surface area contributed by atoms with Crippen molar-refractivity contribution >= 4 is 15.9 Å². The average Bonchev–Trinajstić information content (AvgIpc) is 3.92. The molecule has 8 rings (SSSR count). The summed E-state index contributed by atoms with van der Waals surface area (Å²) in [5, 5.41) is 0. The van der Waals surface area contributed by atoms with Crippen molar-refractivity contribution in [2.24, 2.45) is 16.7 Å². The smallest absolute Gasteiger partial charge is 0.244 e. The largest absolute Gasteiger partial charge is 0.493 e. The summed E-state index contributed by atoms with van der Waals surface area (Å²) in [4.78, 5) is 19.6. The number of sulfonamides is 1. The molecule has 3 heterocycles. The summed E-state index contributed by atoms with van der Waals surface area (Å²) < 4.78 is 53.7. The molecule has 1 amide bonds. The molecule has 5 atom stereocenters. The number of pyridine rings is 1. The third-order valence-electron chi connectivity index (χ3n) is 12.6. The first-order valence-electron chi connectivity index (χ1n) is 17.8. The van der Waals surface area contributed by atoms with Crippen LogP contribution in [-0.4, -0.2) is 61.8 Å². The molecule has 3 aliphatic carbocycles. The van der Waals surface area contributed by atoms with Crippen LogP contribution in [0.1, 0.15) is 99.2 Å². The molecule has 0 N–H and O–H groups in total. The van der Waals surface area contributed by atoms with E-state index in [0.29, 0.717) is 42.6 Å². The molecular formula is C39H46N2O7S. The highest BCUT2D eigenvalue weighted by atomic mass is 32.2. The van der Waals surface area contributed by atoms with E-state index in [1.807, 2.05) is 54.6 Å². The van der Waals surface area contributed by atoms with Gasteiger partial charge in [0.2, 0.25) is 15.9 Å². The Balaban J connectivity index is 1.27. The maximum Gasteiger partial charge on any atom is 0.244 e. The van der Waals surface area contributed by atoms with Gasteiger partial charge < -0.3 is 18.9 Å². The lowest BCUT2D eigenvalue weighted by Gasteiger charge is -2.38. The molecule has 10 heteroatoms. The Labute approximate surface area is 289 Å². The lowest BCUT2D eigenvalue weighted by Crippen LogP contribution is -2.46. The van der Waals surface area contributed by atoms with Gasteiger partial charge in [-0.05, 0) is 97.2 Å². The van der Waals surface area contributed by atoms with E-state index >= 15 is 4.79 Å². The Kier molecular flexibility index (Phi) is 8.27. The number of nitrogens with zero attached hydrogens (tertiary/aromatic N) is 2. The Morgan fingerprint density at radius 2 is 1.61 bits per heavy atom. The molecule has 1 aromatic heterocycles. The summed E-state index contributed by atoms with van der Waals surface area (Å²) in [5.41, 5.74) is 2.71. The summed E-state index contributed by atoms with van der Waals surface area (Å²) in [7, 11) is -2.24. The van der Waals surface area contributed by atoms with Crippen molar-refractivity contribution in [2.75, 3.05) is 26.1 Å². The van der Waals surface area contributed by atoms with Gasteiger partial charge in [-0.3, -0.25) is 9.78 Å². The van der Waals surface area contributed by atoms with E-state index in [-0.39, 0.29) is 29.2 Å². The van der Waals surface area contributed by atoms with Crippen LogP contribution in [0.25, 0.3) is 0 Å². The van der Waals surface area contributed by atoms with Gasteiger partial charge in [-0.1, -0.05) is 44.2 Å². The molecule has 2 aromatic carbocycles. The number of fused-ring (bicyclic) bond motifs is 1. The van der Waals surface area contributed by atoms with Crippen LogP contribution in [-0.2, 0) is 24.3 Å². The van der Waals surface area contributed by atoms with E-state index in [1.165, 1.54) is 4.31 Å². The molecule has 2 saturated heterocycles. The maximum atomic E-state index is 15.4. The summed E-state index contributed by atoms with van der Waals surface area (Å²) in [6.07, 6.45) is 9.76. The first-order valence-corrected chi connectivity index (χ1v) is 19.4. The van der Waals surface area contributed by atoms with Gasteiger partial charge in [0, 0.05) is 29.3 Å². The molecule has 9 nitrogen and oxygen atoms in total. The van der Waals surface area contributed by atoms with E-state index < -0.39 is 33.6 Å². The van der Waals surface area contributed by atoms with Gasteiger partial charge in [0.25, 0.3) is 0 Å². The first-order chi connectivity index (χ1) is 23.6. The van der Waals surface area contributed by atoms with Crippen LogP contribution in [0.15, 0.2) is 67.0 Å². The summed E-state index contributed by atoms with van der Waals surface area (Å²) in [6, 6.07) is 17.2. The zero-order chi connectivity index (χ0) is 34.0. The van der Waals surface area contributed by atoms with E-state index in [0.717, 1.165) is 55.2 Å². The second-order valence-corrected chi connectivity index (χ2v) is 17.0. The predicted molar refractivity (Wildman–Crippen MR) is 184 cm³/mol. The lowest BCUT2D eigenvalue weighted by molar-refractivity contribution is -0.131. The van der Waals surface area contributed by atoms with Crippen molar-refractivity contribution in [3.05, 3.63) is 89.2 Å². The SMILES string of the molecule is COc1ccc([C@@H](c2ccc(C3OCCO3)cc2)C(C(=O)N2[C@H]3CC4CC[C@@]3(CS2(=O)=O)C4(C)C)c2ccncc2)cc1OC1CCCC1. The van der Waals surface area contributed by atoms with Gasteiger partial charge in [0.15, 0.2) is 17.8 Å². The number of amides is 1. The minimum Gasteiger partial charge on any atom is -0.493 e. The van der Waals surface area contributed by atoms with Crippen LogP contribution in [0.2, 0.25) is 0 Å². The molecule has 260 valence electrons. The predicted octanol–water partition coefficient (Wildman–Crippen LogP) is 6.74. The minimum absolute atomic E-state index is 0.0195. The van der Waals surface area contributed by atoms with E-state index in [1.54, 1.807) is 19.5 Å². The van der Waals surface area contributed by atoms with Crippen molar-refractivity contribution in [2.45, 2.75) is 89.1 Å². The summed E-state index contributed by atoms with van der Waals surface area (Å²) >= 11 is 0. The van der Waals surface area contributed by atoms with Crippen LogP contribution in [0.3, 0.4) is 0 Å². The van der Waals surface area contributed by atoms with Crippen LogP contribution in [0.4, 0.5) is 0 Å². The Hall–Kier alpha value is -3.47. The number of ether oxygens (including phenoxy) is 4. The van der Waals surface area contributed by atoms with Gasteiger partial charge in [0.1, 0.15) is 0 Å². The fourth-order valence-electron chi connectivity index (χ4n) is 9.92. The van der Waals surface area contributed by atoms with Gasteiger partial charge in [-0.2, -0.15) is 0 Å². The number of methoxy groups -OCH3 is 1. The monoisotopic (exact) mass is 686 g/mol. The molecule has 2 unspecified atom stereocenters. The molecule has 3 aromatic rings. The van der Waals surface area contributed by atoms with Crippen LogP contribution in [0, 0.1) is 16.7 Å². The molecule has 5 fully saturated rings. The summed E-state index contributed by atoms with van der Waals surface area (Å²) in [5.74, 6) is -0.126. The van der Waals surface area contributed by atoms with Crippen molar-refractivity contribution in [1.29, 1.82) is 0 Å².